The van der Waals surface area contributed by atoms with Crippen LogP contribution in [0, 0.1) is 0 Å². The van der Waals surface area contributed by atoms with Crippen LogP contribution in [-0.2, 0) is 19.6 Å². The van der Waals surface area contributed by atoms with Gasteiger partial charge in [0.1, 0.15) is 11.8 Å². The molecule has 9 nitrogen and oxygen atoms in total. The largest absolute Gasteiger partial charge is 0.427 e. The molecule has 1 heterocycles. The zero-order valence-corrected chi connectivity index (χ0v) is 18.2. The first-order valence-electron chi connectivity index (χ1n) is 9.80. The predicted octanol–water partition coefficient (Wildman–Crippen LogP) is 2.60. The minimum Gasteiger partial charge on any atom is -0.427 e. The average Bonchev–Trinajstić information content (AvgIpc) is 2.77. The zero-order chi connectivity index (χ0) is 23.8. The Hall–Kier alpha value is -4.02. The van der Waals surface area contributed by atoms with Crippen molar-refractivity contribution < 1.29 is 27.5 Å². The number of sulfonamides is 1. The number of esters is 1. The lowest BCUT2D eigenvalue weighted by Crippen LogP contribution is -2.45. The van der Waals surface area contributed by atoms with Crippen molar-refractivity contribution in [2.45, 2.75) is 17.9 Å². The van der Waals surface area contributed by atoms with Gasteiger partial charge in [0, 0.05) is 12.5 Å². The van der Waals surface area contributed by atoms with Crippen molar-refractivity contribution in [2.75, 3.05) is 10.2 Å². The summed E-state index contributed by atoms with van der Waals surface area (Å²) in [6.45, 7) is 1.24. The summed E-state index contributed by atoms with van der Waals surface area (Å²) in [5, 5.41) is 7.89. The van der Waals surface area contributed by atoms with Gasteiger partial charge in [-0.15, -0.1) is 0 Å². The van der Waals surface area contributed by atoms with Crippen molar-refractivity contribution in [2.24, 2.45) is 5.14 Å². The molecule has 3 N–H and O–H groups in total. The number of nitrogens with two attached hydrogens (primary N) is 1. The van der Waals surface area contributed by atoms with E-state index in [9.17, 15) is 22.8 Å². The third-order valence-corrected chi connectivity index (χ3v) is 5.91. The molecule has 1 aliphatic heterocycles. The Bertz CT molecular complexity index is 1370. The van der Waals surface area contributed by atoms with Crippen molar-refractivity contribution in [1.82, 2.24) is 0 Å². The number of amides is 2. The number of hydrogen-bond acceptors (Lipinski definition) is 6. The van der Waals surface area contributed by atoms with Gasteiger partial charge in [-0.2, -0.15) is 0 Å². The van der Waals surface area contributed by atoms with E-state index in [1.807, 2.05) is 0 Å². The van der Waals surface area contributed by atoms with E-state index in [4.69, 9.17) is 9.88 Å². The summed E-state index contributed by atoms with van der Waals surface area (Å²) < 4.78 is 28.7. The summed E-state index contributed by atoms with van der Waals surface area (Å²) in [6.07, 6.45) is 0. The van der Waals surface area contributed by atoms with Gasteiger partial charge in [0.05, 0.1) is 16.3 Å². The number of nitrogens with one attached hydrogen (secondary N) is 1. The number of ether oxygens (including phenoxy) is 1. The molecule has 168 valence electrons. The summed E-state index contributed by atoms with van der Waals surface area (Å²) in [6, 6.07) is 17.6. The highest BCUT2D eigenvalue weighted by Gasteiger charge is 2.39. The molecule has 33 heavy (non-hydrogen) atoms. The van der Waals surface area contributed by atoms with Crippen LogP contribution in [0.3, 0.4) is 0 Å². The third kappa shape index (κ3) is 4.47. The van der Waals surface area contributed by atoms with Crippen LogP contribution < -0.4 is 20.1 Å². The molecule has 10 heteroatoms. The van der Waals surface area contributed by atoms with Crippen LogP contribution in [0.2, 0.25) is 0 Å². The standard InChI is InChI=1S/C23H19N3O6S/c1-14(27)32-17-9-5-8-16(12-17)23(29)26-20-11-10-18(33(24,30)31)13-19(20)25-22(28)21(26)15-6-3-2-4-7-15/h2-13,21H,1H3,(H,25,28)(H2,24,30,31). The van der Waals surface area contributed by atoms with Crippen LogP contribution in [0.5, 0.6) is 5.75 Å². The first-order valence-corrected chi connectivity index (χ1v) is 11.3. The Labute approximate surface area is 189 Å². The molecule has 3 aromatic carbocycles. The Morgan fingerprint density at radius 3 is 2.39 bits per heavy atom. The van der Waals surface area contributed by atoms with Crippen LogP contribution in [0.25, 0.3) is 0 Å². The lowest BCUT2D eigenvalue weighted by Gasteiger charge is -2.37. The van der Waals surface area contributed by atoms with Gasteiger partial charge >= 0.3 is 5.97 Å². The number of fused-ring (bicyclic) bond motifs is 1. The minimum absolute atomic E-state index is 0.128. The van der Waals surface area contributed by atoms with E-state index in [1.165, 1.54) is 48.2 Å². The van der Waals surface area contributed by atoms with Gasteiger partial charge in [-0.25, -0.2) is 13.6 Å². The summed E-state index contributed by atoms with van der Waals surface area (Å²) in [4.78, 5) is 39.2. The first-order chi connectivity index (χ1) is 15.6. The number of rotatable bonds is 4. The van der Waals surface area contributed by atoms with Crippen molar-refractivity contribution in [3.05, 3.63) is 83.9 Å². The Balaban J connectivity index is 1.87. The highest BCUT2D eigenvalue weighted by Crippen LogP contribution is 2.40. The number of anilines is 2. The van der Waals surface area contributed by atoms with E-state index >= 15 is 0 Å². The lowest BCUT2D eigenvalue weighted by molar-refractivity contribution is -0.131. The molecule has 1 unspecified atom stereocenters. The van der Waals surface area contributed by atoms with Gasteiger partial charge in [0.15, 0.2) is 0 Å². The monoisotopic (exact) mass is 465 g/mol. The van der Waals surface area contributed by atoms with Gasteiger partial charge in [0.2, 0.25) is 10.0 Å². The molecular formula is C23H19N3O6S. The fourth-order valence-electron chi connectivity index (χ4n) is 3.62. The van der Waals surface area contributed by atoms with Crippen molar-refractivity contribution >= 4 is 39.2 Å². The number of hydrogen-bond donors (Lipinski definition) is 2. The van der Waals surface area contributed by atoms with Gasteiger partial charge < -0.3 is 10.1 Å². The molecule has 1 aliphatic rings. The highest BCUT2D eigenvalue weighted by atomic mass is 32.2. The number of carbonyl (C=O) groups excluding carboxylic acids is 3. The second-order valence-electron chi connectivity index (χ2n) is 7.32. The minimum atomic E-state index is -4.03. The fraction of sp³-hybridized carbons (Fsp3) is 0.0870. The van der Waals surface area contributed by atoms with Crippen LogP contribution in [0.4, 0.5) is 11.4 Å². The Kier molecular flexibility index (Phi) is 5.71. The molecule has 2 amide bonds. The smallest absolute Gasteiger partial charge is 0.308 e. The molecule has 1 atom stereocenters. The topological polar surface area (TPSA) is 136 Å². The molecule has 0 radical (unpaired) electrons. The van der Waals surface area contributed by atoms with E-state index in [2.05, 4.69) is 5.32 Å². The van der Waals surface area contributed by atoms with E-state index < -0.39 is 33.8 Å². The maximum absolute atomic E-state index is 13.7. The molecule has 0 fully saturated rings. The third-order valence-electron chi connectivity index (χ3n) is 5.00. The van der Waals surface area contributed by atoms with Gasteiger partial charge in [0.25, 0.3) is 11.8 Å². The first kappa shape index (κ1) is 22.2. The SMILES string of the molecule is CC(=O)Oc1cccc(C(=O)N2c3ccc(S(N)(=O)=O)cc3NC(=O)C2c2ccccc2)c1. The lowest BCUT2D eigenvalue weighted by atomic mass is 9.98. The van der Waals surface area contributed by atoms with Crippen molar-refractivity contribution in [3.63, 3.8) is 0 Å². The van der Waals surface area contributed by atoms with Gasteiger partial charge in [-0.1, -0.05) is 36.4 Å². The molecule has 0 aromatic heterocycles. The number of benzene rings is 3. The van der Waals surface area contributed by atoms with Crippen LogP contribution in [0.15, 0.2) is 77.7 Å². The van der Waals surface area contributed by atoms with Crippen molar-refractivity contribution in [1.29, 1.82) is 0 Å². The number of carbonyl (C=O) groups is 3. The maximum atomic E-state index is 13.7. The van der Waals surface area contributed by atoms with Crippen molar-refractivity contribution in [3.8, 4) is 5.75 Å². The molecule has 0 bridgehead atoms. The molecule has 0 saturated carbocycles. The Morgan fingerprint density at radius 2 is 1.73 bits per heavy atom. The molecule has 4 rings (SSSR count). The predicted molar refractivity (Wildman–Crippen MR) is 120 cm³/mol. The quantitative estimate of drug-likeness (QED) is 0.449. The van der Waals surface area contributed by atoms with Gasteiger partial charge in [-0.05, 0) is 42.0 Å². The van der Waals surface area contributed by atoms with E-state index in [0.29, 0.717) is 11.3 Å². The van der Waals surface area contributed by atoms with Crippen LogP contribution in [-0.4, -0.2) is 26.2 Å². The average molecular weight is 465 g/mol. The Morgan fingerprint density at radius 1 is 1.00 bits per heavy atom. The summed E-state index contributed by atoms with van der Waals surface area (Å²) in [5.74, 6) is -1.43. The zero-order valence-electron chi connectivity index (χ0n) is 17.4. The molecule has 0 spiro atoms. The van der Waals surface area contributed by atoms with E-state index in [1.54, 1.807) is 36.4 Å². The normalized spacial score (nSPS) is 15.4. The second kappa shape index (κ2) is 8.49. The number of nitrogens with zero attached hydrogens (tertiary/aromatic N) is 1. The molecule has 3 aromatic rings. The van der Waals surface area contributed by atoms with Gasteiger partial charge in [-0.3, -0.25) is 19.3 Å². The number of primary sulfonamides is 1. The maximum Gasteiger partial charge on any atom is 0.308 e. The summed E-state index contributed by atoms with van der Waals surface area (Å²) in [7, 11) is -4.03. The highest BCUT2D eigenvalue weighted by molar-refractivity contribution is 7.89. The van der Waals surface area contributed by atoms with E-state index in [-0.39, 0.29) is 21.9 Å². The van der Waals surface area contributed by atoms with Crippen LogP contribution >= 0.6 is 0 Å². The van der Waals surface area contributed by atoms with Crippen LogP contribution in [0.1, 0.15) is 28.9 Å². The molecule has 0 saturated heterocycles. The second-order valence-corrected chi connectivity index (χ2v) is 8.88. The van der Waals surface area contributed by atoms with E-state index in [0.717, 1.165) is 0 Å². The summed E-state index contributed by atoms with van der Waals surface area (Å²) in [5.41, 5.74) is 1.15. The molecular weight excluding hydrogens is 446 g/mol. The fourth-order valence-corrected chi connectivity index (χ4v) is 4.16. The summed E-state index contributed by atoms with van der Waals surface area (Å²) >= 11 is 0. The molecule has 0 aliphatic carbocycles.